The van der Waals surface area contributed by atoms with Gasteiger partial charge in [-0.25, -0.2) is 9.79 Å². The molecular weight excluding hydrogens is 294 g/mol. The molecule has 0 atom stereocenters. The van der Waals surface area contributed by atoms with Crippen LogP contribution in [0.15, 0.2) is 29.3 Å². The number of urea groups is 1. The van der Waals surface area contributed by atoms with Crippen LogP contribution in [0.4, 0.5) is 10.5 Å². The van der Waals surface area contributed by atoms with E-state index >= 15 is 0 Å². The molecule has 1 fully saturated rings. The lowest BCUT2D eigenvalue weighted by molar-refractivity contribution is 0.0674. The molecule has 0 aromatic heterocycles. The third-order valence-corrected chi connectivity index (χ3v) is 3.39. The second-order valence-electron chi connectivity index (χ2n) is 5.72. The van der Waals surface area contributed by atoms with E-state index in [2.05, 4.69) is 15.6 Å². The van der Waals surface area contributed by atoms with Crippen LogP contribution in [-0.4, -0.2) is 49.2 Å². The number of nitrogens with two attached hydrogens (primary N) is 1. The van der Waals surface area contributed by atoms with Gasteiger partial charge in [0.05, 0.1) is 19.8 Å². The number of nitrogens with one attached hydrogen (secondary N) is 2. The Labute approximate surface area is 136 Å². The van der Waals surface area contributed by atoms with E-state index in [9.17, 15) is 4.79 Å². The van der Waals surface area contributed by atoms with Gasteiger partial charge in [-0.1, -0.05) is 12.1 Å². The predicted octanol–water partition coefficient (Wildman–Crippen LogP) is 1.36. The van der Waals surface area contributed by atoms with Gasteiger partial charge in [0.25, 0.3) is 0 Å². The van der Waals surface area contributed by atoms with Gasteiger partial charge in [-0.2, -0.15) is 0 Å². The van der Waals surface area contributed by atoms with Crippen molar-refractivity contribution in [1.29, 1.82) is 0 Å². The summed E-state index contributed by atoms with van der Waals surface area (Å²) in [6.45, 7) is 7.29. The zero-order valence-electron chi connectivity index (χ0n) is 13.7. The number of anilines is 1. The normalized spacial score (nSPS) is 15.6. The lowest BCUT2D eigenvalue weighted by Gasteiger charge is -2.27. The van der Waals surface area contributed by atoms with Crippen molar-refractivity contribution in [3.63, 3.8) is 0 Å². The average molecular weight is 319 g/mol. The minimum Gasteiger partial charge on any atom is -0.378 e. The van der Waals surface area contributed by atoms with Crippen LogP contribution in [0.1, 0.15) is 19.4 Å². The van der Waals surface area contributed by atoms with Crippen LogP contribution in [0.3, 0.4) is 0 Å². The molecular formula is C16H25N5O2. The lowest BCUT2D eigenvalue weighted by Crippen LogP contribution is -2.44. The summed E-state index contributed by atoms with van der Waals surface area (Å²) >= 11 is 0. The number of ether oxygens (including phenoxy) is 1. The van der Waals surface area contributed by atoms with E-state index in [0.29, 0.717) is 25.7 Å². The molecule has 0 bridgehead atoms. The number of nitrogens with zero attached hydrogens (tertiary/aromatic N) is 2. The molecule has 0 unspecified atom stereocenters. The Bertz CT molecular complexity index is 536. The van der Waals surface area contributed by atoms with E-state index in [4.69, 9.17) is 10.5 Å². The van der Waals surface area contributed by atoms with Crippen LogP contribution in [0.5, 0.6) is 0 Å². The Hall–Kier alpha value is -2.28. The molecule has 1 aromatic carbocycles. The van der Waals surface area contributed by atoms with E-state index in [1.54, 1.807) is 0 Å². The lowest BCUT2D eigenvalue weighted by atomic mass is 10.2. The van der Waals surface area contributed by atoms with Crippen LogP contribution in [-0.2, 0) is 11.3 Å². The number of rotatable bonds is 4. The molecule has 0 spiro atoms. The van der Waals surface area contributed by atoms with Gasteiger partial charge in [0.2, 0.25) is 0 Å². The molecule has 23 heavy (non-hydrogen) atoms. The van der Waals surface area contributed by atoms with Gasteiger partial charge in [0.1, 0.15) is 0 Å². The second kappa shape index (κ2) is 8.38. The van der Waals surface area contributed by atoms with Crippen molar-refractivity contribution in [3.05, 3.63) is 29.8 Å². The molecule has 0 saturated carbocycles. The maximum Gasteiger partial charge on any atom is 0.319 e. The highest BCUT2D eigenvalue weighted by Crippen LogP contribution is 2.10. The summed E-state index contributed by atoms with van der Waals surface area (Å²) in [6, 6.07) is 7.47. The van der Waals surface area contributed by atoms with E-state index in [-0.39, 0.29) is 12.1 Å². The summed E-state index contributed by atoms with van der Waals surface area (Å²) < 4.78 is 5.29. The highest BCUT2D eigenvalue weighted by molar-refractivity contribution is 5.89. The molecule has 0 radical (unpaired) electrons. The molecule has 1 aliphatic heterocycles. The summed E-state index contributed by atoms with van der Waals surface area (Å²) in [5.41, 5.74) is 7.78. The maximum atomic E-state index is 11.6. The van der Waals surface area contributed by atoms with Crippen LogP contribution in [0.25, 0.3) is 0 Å². The van der Waals surface area contributed by atoms with Crippen molar-refractivity contribution in [2.45, 2.75) is 26.4 Å². The summed E-state index contributed by atoms with van der Waals surface area (Å²) in [7, 11) is 0. The first kappa shape index (κ1) is 17.1. The van der Waals surface area contributed by atoms with Gasteiger partial charge in [0.15, 0.2) is 5.96 Å². The monoisotopic (exact) mass is 319 g/mol. The fraction of sp³-hybridized carbons (Fsp3) is 0.500. The van der Waals surface area contributed by atoms with E-state index in [1.165, 1.54) is 0 Å². The van der Waals surface area contributed by atoms with Crippen molar-refractivity contribution < 1.29 is 9.53 Å². The van der Waals surface area contributed by atoms with Crippen molar-refractivity contribution in [3.8, 4) is 0 Å². The molecule has 7 nitrogen and oxygen atoms in total. The number of hydrogen-bond acceptors (Lipinski definition) is 3. The zero-order chi connectivity index (χ0) is 16.7. The number of aliphatic imine (C=N–C) groups is 1. The maximum absolute atomic E-state index is 11.6. The number of guanidine groups is 1. The Morgan fingerprint density at radius 3 is 2.57 bits per heavy atom. The Balaban J connectivity index is 1.85. The van der Waals surface area contributed by atoms with Crippen molar-refractivity contribution in [1.82, 2.24) is 10.2 Å². The first-order valence-electron chi connectivity index (χ1n) is 7.83. The summed E-state index contributed by atoms with van der Waals surface area (Å²) in [6.07, 6.45) is 0. The molecule has 1 aromatic rings. The topological polar surface area (TPSA) is 92.0 Å². The molecule has 4 N–H and O–H groups in total. The van der Waals surface area contributed by atoms with Gasteiger partial charge in [-0.15, -0.1) is 0 Å². The zero-order valence-corrected chi connectivity index (χ0v) is 13.7. The van der Waals surface area contributed by atoms with Gasteiger partial charge in [-0.3, -0.25) is 0 Å². The van der Waals surface area contributed by atoms with Crippen molar-refractivity contribution in [2.75, 3.05) is 31.6 Å². The molecule has 1 aliphatic rings. The second-order valence-corrected chi connectivity index (χ2v) is 5.72. The van der Waals surface area contributed by atoms with Crippen molar-refractivity contribution >= 4 is 17.7 Å². The van der Waals surface area contributed by atoms with Crippen LogP contribution in [0.2, 0.25) is 0 Å². The molecule has 0 aliphatic carbocycles. The summed E-state index contributed by atoms with van der Waals surface area (Å²) in [5, 5.41) is 5.56. The standard InChI is InChI=1S/C16H25N5O2/c1-12(2)19-16(22)20-14-5-3-13(4-6-14)11-18-15(17)21-7-9-23-10-8-21/h3-6,12H,7-11H2,1-2H3,(H2,17,18)(H2,19,20,22). The molecule has 126 valence electrons. The Morgan fingerprint density at radius 1 is 1.30 bits per heavy atom. The highest BCUT2D eigenvalue weighted by atomic mass is 16.5. The quantitative estimate of drug-likeness (QED) is 0.577. The van der Waals surface area contributed by atoms with Gasteiger partial charge in [-0.05, 0) is 31.5 Å². The fourth-order valence-corrected chi connectivity index (χ4v) is 2.19. The van der Waals surface area contributed by atoms with E-state index < -0.39 is 0 Å². The van der Waals surface area contributed by atoms with Crippen molar-refractivity contribution in [2.24, 2.45) is 10.7 Å². The van der Waals surface area contributed by atoms with Crippen LogP contribution >= 0.6 is 0 Å². The third kappa shape index (κ3) is 5.78. The predicted molar refractivity (Wildman–Crippen MR) is 91.5 cm³/mol. The smallest absolute Gasteiger partial charge is 0.319 e. The molecule has 1 saturated heterocycles. The number of morpholine rings is 1. The van der Waals surface area contributed by atoms with Gasteiger partial charge < -0.3 is 26.0 Å². The number of amides is 2. The third-order valence-electron chi connectivity index (χ3n) is 3.39. The largest absolute Gasteiger partial charge is 0.378 e. The number of benzene rings is 1. The first-order valence-corrected chi connectivity index (χ1v) is 7.83. The SMILES string of the molecule is CC(C)NC(=O)Nc1ccc(CN=C(N)N2CCOCC2)cc1. The highest BCUT2D eigenvalue weighted by Gasteiger charge is 2.11. The van der Waals surface area contributed by atoms with Crippen LogP contribution in [0, 0.1) is 0 Å². The average Bonchev–Trinajstić information content (AvgIpc) is 2.54. The van der Waals surface area contributed by atoms with Crippen LogP contribution < -0.4 is 16.4 Å². The van der Waals surface area contributed by atoms with E-state index in [0.717, 1.165) is 24.3 Å². The summed E-state index contributed by atoms with van der Waals surface area (Å²) in [4.78, 5) is 18.1. The molecule has 2 rings (SSSR count). The number of carbonyl (C=O) groups excluding carboxylic acids is 1. The minimum absolute atomic E-state index is 0.103. The van der Waals surface area contributed by atoms with E-state index in [1.807, 2.05) is 43.0 Å². The number of hydrogen-bond donors (Lipinski definition) is 3. The minimum atomic E-state index is -0.206. The summed E-state index contributed by atoms with van der Waals surface area (Å²) in [5.74, 6) is 0.548. The number of carbonyl (C=O) groups is 1. The molecule has 2 amide bonds. The van der Waals surface area contributed by atoms with Gasteiger partial charge >= 0.3 is 6.03 Å². The first-order chi connectivity index (χ1) is 11.0. The van der Waals surface area contributed by atoms with Gasteiger partial charge in [0, 0.05) is 24.8 Å². The fourth-order valence-electron chi connectivity index (χ4n) is 2.19. The molecule has 7 heteroatoms. The molecule has 1 heterocycles. The Kier molecular flexibility index (Phi) is 6.22. The Morgan fingerprint density at radius 2 is 1.96 bits per heavy atom.